The van der Waals surface area contributed by atoms with E-state index in [1.165, 1.54) is 9.13 Å². The van der Waals surface area contributed by atoms with E-state index in [0.29, 0.717) is 0 Å². The maximum atomic E-state index is 5.84. The lowest BCUT2D eigenvalue weighted by Crippen LogP contribution is -2.23. The molecular formula is C17H17IN2O. The van der Waals surface area contributed by atoms with E-state index in [2.05, 4.69) is 64.1 Å². The Morgan fingerprint density at radius 1 is 1.14 bits per heavy atom. The van der Waals surface area contributed by atoms with Crippen LogP contribution in [0, 0.1) is 3.57 Å². The van der Waals surface area contributed by atoms with Crippen LogP contribution < -0.4 is 5.32 Å². The highest BCUT2D eigenvalue weighted by Crippen LogP contribution is 2.22. The van der Waals surface area contributed by atoms with E-state index in [-0.39, 0.29) is 6.04 Å². The molecule has 0 aliphatic rings. The molecule has 3 aromatic rings. The first kappa shape index (κ1) is 14.5. The van der Waals surface area contributed by atoms with Gasteiger partial charge in [-0.25, -0.2) is 4.98 Å². The number of hydrogen-bond donors (Lipinski definition) is 1. The number of rotatable bonds is 5. The molecule has 0 saturated heterocycles. The van der Waals surface area contributed by atoms with Crippen molar-refractivity contribution in [2.24, 2.45) is 0 Å². The van der Waals surface area contributed by atoms with E-state index >= 15 is 0 Å². The van der Waals surface area contributed by atoms with Gasteiger partial charge in [0, 0.05) is 16.0 Å². The van der Waals surface area contributed by atoms with Crippen molar-refractivity contribution >= 4 is 33.7 Å². The number of oxazole rings is 1. The van der Waals surface area contributed by atoms with Crippen LogP contribution in [0.5, 0.6) is 0 Å². The van der Waals surface area contributed by atoms with E-state index in [0.717, 1.165) is 30.0 Å². The van der Waals surface area contributed by atoms with Gasteiger partial charge in [0.05, 0.1) is 0 Å². The summed E-state index contributed by atoms with van der Waals surface area (Å²) >= 11 is 2.32. The van der Waals surface area contributed by atoms with Crippen molar-refractivity contribution in [2.45, 2.75) is 19.4 Å². The predicted molar refractivity (Wildman–Crippen MR) is 93.3 cm³/mol. The molecule has 0 spiro atoms. The molecule has 0 radical (unpaired) electrons. The Morgan fingerprint density at radius 3 is 2.62 bits per heavy atom. The third kappa shape index (κ3) is 3.44. The van der Waals surface area contributed by atoms with Gasteiger partial charge in [0.15, 0.2) is 11.5 Å². The third-order valence-corrected chi connectivity index (χ3v) is 4.16. The minimum atomic E-state index is 0.222. The average Bonchev–Trinajstić information content (AvgIpc) is 2.90. The lowest BCUT2D eigenvalue weighted by atomic mass is 10.0. The van der Waals surface area contributed by atoms with E-state index in [4.69, 9.17) is 4.42 Å². The SMILES string of the molecule is CCNC(Cc1nc2ccccc2o1)c1ccc(I)cc1. The van der Waals surface area contributed by atoms with Crippen molar-refractivity contribution in [3.8, 4) is 0 Å². The van der Waals surface area contributed by atoms with E-state index in [1.54, 1.807) is 0 Å². The molecule has 1 aromatic heterocycles. The molecule has 21 heavy (non-hydrogen) atoms. The zero-order valence-corrected chi connectivity index (χ0v) is 14.0. The molecule has 108 valence electrons. The molecule has 0 aliphatic heterocycles. The van der Waals surface area contributed by atoms with Gasteiger partial charge in [-0.1, -0.05) is 31.2 Å². The monoisotopic (exact) mass is 392 g/mol. The van der Waals surface area contributed by atoms with Crippen LogP contribution in [0.2, 0.25) is 0 Å². The van der Waals surface area contributed by atoms with Crippen LogP contribution in [0.15, 0.2) is 52.9 Å². The highest BCUT2D eigenvalue weighted by atomic mass is 127. The van der Waals surface area contributed by atoms with Crippen LogP contribution in [0.25, 0.3) is 11.1 Å². The molecule has 0 fully saturated rings. The summed E-state index contributed by atoms with van der Waals surface area (Å²) in [6.45, 7) is 3.03. The van der Waals surface area contributed by atoms with Crippen LogP contribution in [0.3, 0.4) is 0 Å². The molecule has 0 amide bonds. The fraction of sp³-hybridized carbons (Fsp3) is 0.235. The molecule has 2 aromatic carbocycles. The summed E-state index contributed by atoms with van der Waals surface area (Å²) in [7, 11) is 0. The van der Waals surface area contributed by atoms with Gasteiger partial charge in [-0.05, 0) is 59.0 Å². The number of para-hydroxylation sites is 2. The van der Waals surface area contributed by atoms with Crippen molar-refractivity contribution in [1.29, 1.82) is 0 Å². The summed E-state index contributed by atoms with van der Waals surface area (Å²) < 4.78 is 7.08. The van der Waals surface area contributed by atoms with E-state index in [9.17, 15) is 0 Å². The first-order valence-electron chi connectivity index (χ1n) is 7.09. The number of halogens is 1. The summed E-state index contributed by atoms with van der Waals surface area (Å²) in [5, 5.41) is 3.51. The largest absolute Gasteiger partial charge is 0.441 e. The Hall–Kier alpha value is -1.40. The molecule has 0 saturated carbocycles. The minimum Gasteiger partial charge on any atom is -0.441 e. The highest BCUT2D eigenvalue weighted by Gasteiger charge is 2.15. The number of likely N-dealkylation sites (N-methyl/N-ethyl adjacent to an activating group) is 1. The summed E-state index contributed by atoms with van der Waals surface area (Å²) in [5.41, 5.74) is 3.04. The van der Waals surface area contributed by atoms with Gasteiger partial charge in [-0.3, -0.25) is 0 Å². The standard InChI is InChI=1S/C17H17IN2O/c1-2-19-15(12-7-9-13(18)10-8-12)11-17-20-14-5-3-4-6-16(14)21-17/h3-10,15,19H,2,11H2,1H3. The first-order valence-corrected chi connectivity index (χ1v) is 8.17. The molecule has 1 heterocycles. The van der Waals surface area contributed by atoms with Crippen LogP contribution >= 0.6 is 22.6 Å². The fourth-order valence-electron chi connectivity index (χ4n) is 2.43. The van der Waals surface area contributed by atoms with Crippen LogP contribution in [-0.4, -0.2) is 11.5 Å². The topological polar surface area (TPSA) is 38.1 Å². The maximum Gasteiger partial charge on any atom is 0.197 e. The molecule has 1 atom stereocenters. The molecule has 3 rings (SSSR count). The second-order valence-corrected chi connectivity index (χ2v) is 6.19. The third-order valence-electron chi connectivity index (χ3n) is 3.44. The predicted octanol–water partition coefficient (Wildman–Crippen LogP) is 4.33. The van der Waals surface area contributed by atoms with E-state index < -0.39 is 0 Å². The lowest BCUT2D eigenvalue weighted by Gasteiger charge is -2.16. The number of aromatic nitrogens is 1. The summed E-state index contributed by atoms with van der Waals surface area (Å²) in [6.07, 6.45) is 0.753. The lowest BCUT2D eigenvalue weighted by molar-refractivity contribution is 0.460. The van der Waals surface area contributed by atoms with Crippen molar-refractivity contribution in [3.05, 3.63) is 63.6 Å². The molecule has 0 aliphatic carbocycles. The Labute approximate surface area is 137 Å². The van der Waals surface area contributed by atoms with Crippen LogP contribution in [0.4, 0.5) is 0 Å². The summed E-state index contributed by atoms with van der Waals surface area (Å²) in [5.74, 6) is 0.778. The normalized spacial score (nSPS) is 12.7. The quantitative estimate of drug-likeness (QED) is 0.657. The number of nitrogens with one attached hydrogen (secondary N) is 1. The minimum absolute atomic E-state index is 0.222. The Balaban J connectivity index is 1.85. The molecule has 1 unspecified atom stereocenters. The molecule has 0 bridgehead atoms. The van der Waals surface area contributed by atoms with E-state index in [1.807, 2.05) is 24.3 Å². The average molecular weight is 392 g/mol. The smallest absolute Gasteiger partial charge is 0.197 e. The second kappa shape index (κ2) is 6.58. The molecule has 1 N–H and O–H groups in total. The fourth-order valence-corrected chi connectivity index (χ4v) is 2.79. The van der Waals surface area contributed by atoms with Gasteiger partial charge < -0.3 is 9.73 Å². The van der Waals surface area contributed by atoms with Crippen LogP contribution in [-0.2, 0) is 6.42 Å². The number of fused-ring (bicyclic) bond motifs is 1. The van der Waals surface area contributed by atoms with Crippen molar-refractivity contribution in [1.82, 2.24) is 10.3 Å². The number of nitrogens with zero attached hydrogens (tertiary/aromatic N) is 1. The van der Waals surface area contributed by atoms with Crippen molar-refractivity contribution < 1.29 is 4.42 Å². The number of benzene rings is 2. The van der Waals surface area contributed by atoms with Gasteiger partial charge in [0.1, 0.15) is 5.52 Å². The Morgan fingerprint density at radius 2 is 1.90 bits per heavy atom. The summed E-state index contributed by atoms with van der Waals surface area (Å²) in [6, 6.07) is 16.7. The Bertz CT molecular complexity index is 688. The molecular weight excluding hydrogens is 375 g/mol. The number of hydrogen-bond acceptors (Lipinski definition) is 3. The Kier molecular flexibility index (Phi) is 4.55. The van der Waals surface area contributed by atoms with Crippen molar-refractivity contribution in [3.63, 3.8) is 0 Å². The first-order chi connectivity index (χ1) is 10.3. The highest BCUT2D eigenvalue weighted by molar-refractivity contribution is 14.1. The van der Waals surface area contributed by atoms with Gasteiger partial charge >= 0.3 is 0 Å². The van der Waals surface area contributed by atoms with Gasteiger partial charge in [-0.15, -0.1) is 0 Å². The van der Waals surface area contributed by atoms with Gasteiger partial charge in [0.2, 0.25) is 0 Å². The molecule has 4 heteroatoms. The van der Waals surface area contributed by atoms with Crippen molar-refractivity contribution in [2.75, 3.05) is 6.54 Å². The second-order valence-electron chi connectivity index (χ2n) is 4.94. The van der Waals surface area contributed by atoms with Gasteiger partial charge in [0.25, 0.3) is 0 Å². The maximum absolute atomic E-state index is 5.84. The zero-order valence-electron chi connectivity index (χ0n) is 11.8. The summed E-state index contributed by atoms with van der Waals surface area (Å²) in [4.78, 5) is 4.57. The van der Waals surface area contributed by atoms with Crippen LogP contribution in [0.1, 0.15) is 24.4 Å². The zero-order chi connectivity index (χ0) is 14.7. The van der Waals surface area contributed by atoms with Gasteiger partial charge in [-0.2, -0.15) is 0 Å². The molecule has 3 nitrogen and oxygen atoms in total.